The Labute approximate surface area is 53.8 Å². The molecule has 0 atom stereocenters. The van der Waals surface area contributed by atoms with E-state index >= 15 is 0 Å². The number of hydrogen-bond acceptors (Lipinski definition) is 4. The third-order valence-electron chi connectivity index (χ3n) is 0.220. The number of rotatable bonds is 0. The summed E-state index contributed by atoms with van der Waals surface area (Å²) in [5.41, 5.74) is 0. The van der Waals surface area contributed by atoms with Gasteiger partial charge < -0.3 is 0 Å². The summed E-state index contributed by atoms with van der Waals surface area (Å²) >= 11 is 0. The number of hydrogen-bond donors (Lipinski definition) is 0. The lowest BCUT2D eigenvalue weighted by molar-refractivity contribution is 2.36. The van der Waals surface area contributed by atoms with Crippen LogP contribution < -0.4 is 0 Å². The monoisotopic (exact) mass is 154 g/mol. The molecule has 0 nitrogen and oxygen atoms in total. The minimum absolute atomic E-state index is 0. The van der Waals surface area contributed by atoms with Crippen molar-refractivity contribution < 1.29 is 0 Å². The lowest BCUT2D eigenvalue weighted by atomic mass is 11.9. The molecular formula is C2H2S4. The molecule has 1 heterocycles. The fourth-order valence-corrected chi connectivity index (χ4v) is 7.95. The van der Waals surface area contributed by atoms with E-state index in [0.717, 1.165) is 0 Å². The van der Waals surface area contributed by atoms with Gasteiger partial charge in [0.15, 0.2) is 0 Å². The summed E-state index contributed by atoms with van der Waals surface area (Å²) < 4.78 is 0. The van der Waals surface area contributed by atoms with Crippen LogP contribution in [0.5, 0.6) is 0 Å². The Morgan fingerprint density at radius 2 is 1.50 bits per heavy atom. The molecule has 0 aromatic rings. The Bertz CT molecular complexity index is 17.1. The summed E-state index contributed by atoms with van der Waals surface area (Å²) in [7, 11) is 7.57. The molecular weight excluding hydrogens is 152 g/mol. The first-order valence-electron chi connectivity index (χ1n) is 1.08. The van der Waals surface area contributed by atoms with E-state index in [-0.39, 0.29) is 7.43 Å². The Hall–Kier alpha value is 1.40. The molecule has 0 spiro atoms. The standard InChI is InChI=1S/CH2S4.C/c1-2-4-5-3-1;/h1H2;. The zero-order chi connectivity index (χ0) is 3.54. The molecule has 1 aliphatic rings. The zero-order valence-electron chi connectivity index (χ0n) is 2.84. The fraction of sp³-hybridized carbons (Fsp3) is 0.500. The first kappa shape index (κ1) is 7.40. The lowest BCUT2D eigenvalue weighted by Gasteiger charge is -1.65. The average molecular weight is 154 g/mol. The maximum atomic E-state index is 1.92. The molecule has 0 bridgehead atoms. The van der Waals surface area contributed by atoms with Gasteiger partial charge in [-0.2, -0.15) is 0 Å². The maximum Gasteiger partial charge on any atom is 0.0616 e. The Balaban J connectivity index is 0.000000250. The van der Waals surface area contributed by atoms with Gasteiger partial charge in [0.2, 0.25) is 0 Å². The Morgan fingerprint density at radius 1 is 1.00 bits per heavy atom. The second-order valence-electron chi connectivity index (χ2n) is 0.490. The van der Waals surface area contributed by atoms with Crippen molar-refractivity contribution in [3.8, 4) is 0 Å². The Morgan fingerprint density at radius 3 is 1.67 bits per heavy atom. The van der Waals surface area contributed by atoms with Gasteiger partial charge in [-0.05, 0) is 19.7 Å². The van der Waals surface area contributed by atoms with Crippen LogP contribution in [0.4, 0.5) is 0 Å². The SMILES string of the molecule is C1SSSS1.[C]. The molecule has 6 heavy (non-hydrogen) atoms. The van der Waals surface area contributed by atoms with Gasteiger partial charge in [0.1, 0.15) is 0 Å². The predicted molar refractivity (Wildman–Crippen MR) is 38.5 cm³/mol. The van der Waals surface area contributed by atoms with Gasteiger partial charge in [-0.1, -0.05) is 21.6 Å². The summed E-state index contributed by atoms with van der Waals surface area (Å²) in [6.45, 7) is 0. The maximum absolute atomic E-state index is 1.92. The molecule has 0 amide bonds. The third-order valence-corrected chi connectivity index (χ3v) is 7.45. The summed E-state index contributed by atoms with van der Waals surface area (Å²) in [4.78, 5) is 0. The third kappa shape index (κ3) is 2.55. The quantitative estimate of drug-likeness (QED) is 0.492. The summed E-state index contributed by atoms with van der Waals surface area (Å²) in [6, 6.07) is 0. The minimum Gasteiger partial charge on any atom is -0.0698 e. The summed E-state index contributed by atoms with van der Waals surface area (Å²) in [6.07, 6.45) is 0. The first-order chi connectivity index (χ1) is 2.50. The van der Waals surface area contributed by atoms with Gasteiger partial charge in [0.05, 0.1) is 5.08 Å². The molecule has 0 aromatic carbocycles. The molecule has 1 rings (SSSR count). The zero-order valence-corrected chi connectivity index (χ0v) is 6.11. The fourth-order valence-electron chi connectivity index (χ4n) is 0.0982. The normalized spacial score (nSPS) is 20.0. The van der Waals surface area contributed by atoms with Crippen LogP contribution in [0, 0.1) is 7.43 Å². The Kier molecular flexibility index (Phi) is 5.62. The van der Waals surface area contributed by atoms with Crippen LogP contribution in [0.2, 0.25) is 0 Å². The van der Waals surface area contributed by atoms with Gasteiger partial charge in [-0.15, -0.1) is 0 Å². The highest BCUT2D eigenvalue weighted by Crippen LogP contribution is 2.53. The molecule has 0 N–H and O–H groups in total. The predicted octanol–water partition coefficient (Wildman–Crippen LogP) is 2.72. The van der Waals surface area contributed by atoms with E-state index in [1.807, 2.05) is 41.2 Å². The molecule has 0 unspecified atom stereocenters. The van der Waals surface area contributed by atoms with Gasteiger partial charge in [0, 0.05) is 7.43 Å². The van der Waals surface area contributed by atoms with E-state index < -0.39 is 0 Å². The topological polar surface area (TPSA) is 0 Å². The molecule has 1 aliphatic heterocycles. The van der Waals surface area contributed by atoms with Crippen molar-refractivity contribution in [1.82, 2.24) is 0 Å². The molecule has 0 aromatic heterocycles. The molecule has 4 heteroatoms. The van der Waals surface area contributed by atoms with Crippen LogP contribution in [0.1, 0.15) is 0 Å². The van der Waals surface area contributed by atoms with Crippen molar-refractivity contribution in [3.05, 3.63) is 7.43 Å². The van der Waals surface area contributed by atoms with E-state index in [9.17, 15) is 0 Å². The van der Waals surface area contributed by atoms with Crippen LogP contribution in [-0.2, 0) is 0 Å². The van der Waals surface area contributed by atoms with Crippen LogP contribution in [0.25, 0.3) is 0 Å². The van der Waals surface area contributed by atoms with Crippen LogP contribution >= 0.6 is 41.2 Å². The first-order valence-corrected chi connectivity index (χ1v) is 6.23. The highest BCUT2D eigenvalue weighted by molar-refractivity contribution is 9.30. The smallest absolute Gasteiger partial charge is 0.0616 e. The van der Waals surface area contributed by atoms with Crippen LogP contribution in [0.15, 0.2) is 0 Å². The van der Waals surface area contributed by atoms with Crippen molar-refractivity contribution in [2.75, 3.05) is 5.08 Å². The van der Waals surface area contributed by atoms with Crippen LogP contribution in [0.3, 0.4) is 0 Å². The van der Waals surface area contributed by atoms with Gasteiger partial charge >= 0.3 is 0 Å². The van der Waals surface area contributed by atoms with E-state index in [1.54, 1.807) is 0 Å². The van der Waals surface area contributed by atoms with E-state index in [1.165, 1.54) is 5.08 Å². The summed E-state index contributed by atoms with van der Waals surface area (Å²) in [5.74, 6) is 0. The molecule has 1 fully saturated rings. The van der Waals surface area contributed by atoms with Gasteiger partial charge in [-0.3, -0.25) is 0 Å². The minimum atomic E-state index is 0. The van der Waals surface area contributed by atoms with Crippen molar-refractivity contribution in [1.29, 1.82) is 0 Å². The van der Waals surface area contributed by atoms with Crippen molar-refractivity contribution >= 4 is 41.2 Å². The molecule has 4 radical (unpaired) electrons. The molecule has 34 valence electrons. The molecule has 0 aliphatic carbocycles. The van der Waals surface area contributed by atoms with Gasteiger partial charge in [-0.25, -0.2) is 0 Å². The average Bonchev–Trinajstić information content (AvgIpc) is 1.76. The van der Waals surface area contributed by atoms with Crippen LogP contribution in [-0.4, -0.2) is 5.08 Å². The van der Waals surface area contributed by atoms with E-state index in [0.29, 0.717) is 0 Å². The lowest BCUT2D eigenvalue weighted by Crippen LogP contribution is -1.38. The molecule has 1 saturated heterocycles. The highest BCUT2D eigenvalue weighted by Gasteiger charge is 1.98. The van der Waals surface area contributed by atoms with Crippen molar-refractivity contribution in [2.24, 2.45) is 0 Å². The molecule has 0 saturated carbocycles. The van der Waals surface area contributed by atoms with Crippen molar-refractivity contribution in [3.63, 3.8) is 0 Å². The largest absolute Gasteiger partial charge is 0.0698 e. The van der Waals surface area contributed by atoms with E-state index in [2.05, 4.69) is 0 Å². The second kappa shape index (κ2) is 4.56. The van der Waals surface area contributed by atoms with Crippen molar-refractivity contribution in [2.45, 2.75) is 0 Å². The summed E-state index contributed by atoms with van der Waals surface area (Å²) in [5, 5.41) is 1.26. The van der Waals surface area contributed by atoms with Gasteiger partial charge in [0.25, 0.3) is 0 Å². The second-order valence-corrected chi connectivity index (χ2v) is 6.86. The van der Waals surface area contributed by atoms with E-state index in [4.69, 9.17) is 0 Å². The highest BCUT2D eigenvalue weighted by atomic mass is 33.7.